The van der Waals surface area contributed by atoms with E-state index < -0.39 is 11.9 Å². The third-order valence-electron chi connectivity index (χ3n) is 6.35. The number of hydrogen-bond donors (Lipinski definition) is 3. The molecule has 2 aromatic heterocycles. The molecule has 0 unspecified atom stereocenters. The highest BCUT2D eigenvalue weighted by molar-refractivity contribution is 5.98. The maximum absolute atomic E-state index is 13.4. The minimum Gasteiger partial charge on any atom is -0.493 e. The fourth-order valence-electron chi connectivity index (χ4n) is 4.53. The number of aromatic amines is 1. The molecule has 0 spiro atoms. The number of pyridine rings is 1. The molecule has 4 bridgehead atoms. The molecule has 3 amide bonds. The molecule has 1 aliphatic heterocycles. The number of nitrogens with zero attached hydrogens (tertiary/aromatic N) is 2. The van der Waals surface area contributed by atoms with Crippen LogP contribution in [-0.4, -0.2) is 65.9 Å². The lowest BCUT2D eigenvalue weighted by Crippen LogP contribution is -2.49. The molecule has 0 fully saturated rings. The van der Waals surface area contributed by atoms with Crippen LogP contribution in [0.3, 0.4) is 0 Å². The van der Waals surface area contributed by atoms with Crippen LogP contribution in [0.2, 0.25) is 0 Å². The van der Waals surface area contributed by atoms with Crippen LogP contribution in [0.5, 0.6) is 11.5 Å². The maximum atomic E-state index is 13.4. The largest absolute Gasteiger partial charge is 0.493 e. The molecular formula is C28H33N5O5. The van der Waals surface area contributed by atoms with Gasteiger partial charge in [0.05, 0.1) is 19.8 Å². The number of ether oxygens (including phenoxy) is 2. The predicted octanol–water partition coefficient (Wildman–Crippen LogP) is 3.01. The summed E-state index contributed by atoms with van der Waals surface area (Å²) in [6, 6.07) is 8.15. The van der Waals surface area contributed by atoms with Crippen molar-refractivity contribution in [2.75, 3.05) is 27.3 Å². The number of fused-ring (bicyclic) bond motifs is 5. The summed E-state index contributed by atoms with van der Waals surface area (Å²) in [5, 5.41) is 5.75. The van der Waals surface area contributed by atoms with Crippen molar-refractivity contribution in [2.24, 2.45) is 5.92 Å². The van der Waals surface area contributed by atoms with E-state index in [4.69, 9.17) is 9.47 Å². The van der Waals surface area contributed by atoms with Crippen LogP contribution in [0.1, 0.15) is 46.7 Å². The molecule has 1 atom stereocenters. The number of nitrogens with one attached hydrogen (secondary N) is 3. The summed E-state index contributed by atoms with van der Waals surface area (Å²) in [5.74, 6) is 0.221. The number of rotatable bonds is 5. The quantitative estimate of drug-likeness (QED) is 0.476. The van der Waals surface area contributed by atoms with E-state index in [9.17, 15) is 14.4 Å². The van der Waals surface area contributed by atoms with Crippen molar-refractivity contribution < 1.29 is 23.9 Å². The summed E-state index contributed by atoms with van der Waals surface area (Å²) in [4.78, 5) is 48.5. The fraction of sp³-hybridized carbons (Fsp3) is 0.357. The van der Waals surface area contributed by atoms with Gasteiger partial charge in [0.15, 0.2) is 11.5 Å². The van der Waals surface area contributed by atoms with E-state index in [1.807, 2.05) is 26.0 Å². The van der Waals surface area contributed by atoms with Crippen molar-refractivity contribution >= 4 is 17.7 Å². The number of carbonyl (C=O) groups excluding carboxylic acids is 3. The first-order valence-corrected chi connectivity index (χ1v) is 12.5. The van der Waals surface area contributed by atoms with E-state index in [2.05, 4.69) is 20.6 Å². The van der Waals surface area contributed by atoms with Crippen LogP contribution >= 0.6 is 0 Å². The molecule has 10 heteroatoms. The molecule has 0 saturated carbocycles. The number of amides is 3. The Morgan fingerprint density at radius 3 is 2.61 bits per heavy atom. The van der Waals surface area contributed by atoms with E-state index in [1.54, 1.807) is 49.7 Å². The van der Waals surface area contributed by atoms with Gasteiger partial charge in [-0.15, -0.1) is 0 Å². The van der Waals surface area contributed by atoms with Gasteiger partial charge < -0.3 is 30.0 Å². The second-order valence-electron chi connectivity index (χ2n) is 9.60. The van der Waals surface area contributed by atoms with Gasteiger partial charge in [-0.3, -0.25) is 19.4 Å². The molecular weight excluding hydrogens is 486 g/mol. The van der Waals surface area contributed by atoms with Crippen LogP contribution in [0, 0.1) is 5.92 Å². The molecule has 4 rings (SSSR count). The molecule has 10 nitrogen and oxygen atoms in total. The zero-order valence-electron chi connectivity index (χ0n) is 22.0. The summed E-state index contributed by atoms with van der Waals surface area (Å²) in [6.45, 7) is 4.69. The second-order valence-corrected chi connectivity index (χ2v) is 9.60. The highest BCUT2D eigenvalue weighted by Crippen LogP contribution is 2.39. The summed E-state index contributed by atoms with van der Waals surface area (Å²) in [6.07, 6.45) is 5.25. The first kappa shape index (κ1) is 26.7. The number of aromatic nitrogens is 2. The number of carbonyl (C=O) groups is 3. The summed E-state index contributed by atoms with van der Waals surface area (Å²) < 4.78 is 11.3. The van der Waals surface area contributed by atoms with Crippen molar-refractivity contribution in [3.05, 3.63) is 65.7 Å². The molecule has 200 valence electrons. The topological polar surface area (TPSA) is 126 Å². The standard InChI is InChI=1S/C28H33N5O5/c1-17(2)10-23-27(35)31-8-9-33(28(36)22-6-5-7-30-22)16-18-11-21(25(38-4)24(12-18)37-3)19-13-20(15-29-14-19)26(34)32-23/h5-7,11-15,17,23,30H,8-10,16H2,1-4H3,(H,31,35)(H,32,34)/t23-/m1/s1. The minimum atomic E-state index is -0.737. The van der Waals surface area contributed by atoms with Gasteiger partial charge in [-0.1, -0.05) is 13.8 Å². The lowest BCUT2D eigenvalue weighted by atomic mass is 10.00. The Morgan fingerprint density at radius 1 is 1.13 bits per heavy atom. The summed E-state index contributed by atoms with van der Waals surface area (Å²) in [5.41, 5.74) is 2.84. The monoisotopic (exact) mass is 519 g/mol. The summed E-state index contributed by atoms with van der Waals surface area (Å²) in [7, 11) is 3.09. The lowest BCUT2D eigenvalue weighted by molar-refractivity contribution is -0.123. The molecule has 1 aliphatic rings. The highest BCUT2D eigenvalue weighted by atomic mass is 16.5. The lowest BCUT2D eigenvalue weighted by Gasteiger charge is -2.25. The molecule has 0 aliphatic carbocycles. The normalized spacial score (nSPS) is 16.2. The van der Waals surface area contributed by atoms with Gasteiger partial charge in [-0.05, 0) is 48.2 Å². The predicted molar refractivity (Wildman–Crippen MR) is 142 cm³/mol. The van der Waals surface area contributed by atoms with Crippen LogP contribution in [-0.2, 0) is 11.3 Å². The van der Waals surface area contributed by atoms with Crippen molar-refractivity contribution in [1.82, 2.24) is 25.5 Å². The molecule has 38 heavy (non-hydrogen) atoms. The van der Waals surface area contributed by atoms with Gasteiger partial charge in [-0.25, -0.2) is 0 Å². The SMILES string of the molecule is COc1cc2cc(c1OC)-c1cncc(c1)C(=O)N[C@H](CC(C)C)C(=O)NCCN(C(=O)c1ccc[nH]1)C2. The van der Waals surface area contributed by atoms with Gasteiger partial charge in [0.2, 0.25) is 5.91 Å². The zero-order valence-corrected chi connectivity index (χ0v) is 22.0. The minimum absolute atomic E-state index is 0.168. The Bertz CT molecular complexity index is 1300. The molecule has 3 N–H and O–H groups in total. The second kappa shape index (κ2) is 11.8. The average molecular weight is 520 g/mol. The molecule has 0 radical (unpaired) electrons. The van der Waals surface area contributed by atoms with Gasteiger partial charge in [-0.2, -0.15) is 0 Å². The van der Waals surface area contributed by atoms with Crippen LogP contribution < -0.4 is 20.1 Å². The van der Waals surface area contributed by atoms with Crippen molar-refractivity contribution in [1.29, 1.82) is 0 Å². The van der Waals surface area contributed by atoms with E-state index in [0.717, 1.165) is 5.56 Å². The number of methoxy groups -OCH3 is 2. The van der Waals surface area contributed by atoms with Gasteiger partial charge >= 0.3 is 0 Å². The highest BCUT2D eigenvalue weighted by Gasteiger charge is 2.25. The van der Waals surface area contributed by atoms with Crippen molar-refractivity contribution in [3.63, 3.8) is 0 Å². The number of hydrogen-bond acceptors (Lipinski definition) is 6. The van der Waals surface area contributed by atoms with E-state index in [1.165, 1.54) is 6.20 Å². The smallest absolute Gasteiger partial charge is 0.270 e. The molecule has 3 aromatic rings. The third-order valence-corrected chi connectivity index (χ3v) is 6.35. The Morgan fingerprint density at radius 2 is 1.92 bits per heavy atom. The number of benzene rings is 1. The summed E-state index contributed by atoms with van der Waals surface area (Å²) >= 11 is 0. The maximum Gasteiger partial charge on any atom is 0.270 e. The Hall–Kier alpha value is -4.34. The van der Waals surface area contributed by atoms with Gasteiger partial charge in [0, 0.05) is 49.4 Å². The average Bonchev–Trinajstić information content (AvgIpc) is 3.45. The van der Waals surface area contributed by atoms with E-state index in [0.29, 0.717) is 40.3 Å². The third kappa shape index (κ3) is 5.96. The first-order chi connectivity index (χ1) is 18.3. The van der Waals surface area contributed by atoms with Crippen LogP contribution in [0.25, 0.3) is 11.1 Å². The van der Waals surface area contributed by atoms with Crippen molar-refractivity contribution in [3.8, 4) is 22.6 Å². The molecule has 0 saturated heterocycles. The fourth-order valence-corrected chi connectivity index (χ4v) is 4.53. The van der Waals surface area contributed by atoms with Gasteiger partial charge in [0.1, 0.15) is 11.7 Å². The van der Waals surface area contributed by atoms with Crippen LogP contribution in [0.15, 0.2) is 48.9 Å². The van der Waals surface area contributed by atoms with Crippen molar-refractivity contribution in [2.45, 2.75) is 32.9 Å². The molecule has 3 heterocycles. The van der Waals surface area contributed by atoms with Crippen LogP contribution in [0.4, 0.5) is 0 Å². The Labute approximate surface area is 221 Å². The van der Waals surface area contributed by atoms with E-state index in [-0.39, 0.29) is 37.4 Å². The molecule has 1 aromatic carbocycles. The van der Waals surface area contributed by atoms with E-state index >= 15 is 0 Å². The zero-order chi connectivity index (χ0) is 27.2. The first-order valence-electron chi connectivity index (χ1n) is 12.5. The number of H-pyrrole nitrogens is 1. The van der Waals surface area contributed by atoms with Gasteiger partial charge in [0.25, 0.3) is 11.8 Å². The Kier molecular flexibility index (Phi) is 8.30. The Balaban J connectivity index is 1.82.